The van der Waals surface area contributed by atoms with Gasteiger partial charge in [0.15, 0.2) is 0 Å². The first-order chi connectivity index (χ1) is 7.59. The van der Waals surface area contributed by atoms with Crippen molar-refractivity contribution in [3.05, 3.63) is 0 Å². The van der Waals surface area contributed by atoms with Crippen LogP contribution in [0.3, 0.4) is 0 Å². The van der Waals surface area contributed by atoms with Crippen LogP contribution < -0.4 is 5.73 Å². The molecule has 0 aliphatic carbocycles. The van der Waals surface area contributed by atoms with Crippen LogP contribution in [0.4, 0.5) is 0 Å². The lowest BCUT2D eigenvalue weighted by Gasteiger charge is -2.07. The van der Waals surface area contributed by atoms with Gasteiger partial charge in [0, 0.05) is 0 Å². The van der Waals surface area contributed by atoms with Gasteiger partial charge in [-0.3, -0.25) is 9.59 Å². The van der Waals surface area contributed by atoms with Crippen LogP contribution in [0, 0.1) is 11.8 Å². The topological polar surface area (TPSA) is 121 Å². The summed E-state index contributed by atoms with van der Waals surface area (Å²) in [5, 5.41) is 25.1. The Hall–Kier alpha value is -1.14. The van der Waals surface area contributed by atoms with Crippen LogP contribution in [0.15, 0.2) is 0 Å². The average Bonchev–Trinajstić information content (AvgIpc) is 2.15. The molecule has 0 rings (SSSR count). The van der Waals surface area contributed by atoms with Crippen molar-refractivity contribution >= 4 is 11.9 Å². The molecule has 0 saturated carbocycles. The summed E-state index contributed by atoms with van der Waals surface area (Å²) >= 11 is 0. The van der Waals surface area contributed by atoms with Crippen LogP contribution in [-0.2, 0) is 9.59 Å². The lowest BCUT2D eigenvalue weighted by atomic mass is 10.1. The zero-order valence-electron chi connectivity index (χ0n) is 10.8. The quantitative estimate of drug-likeness (QED) is 0.564. The summed E-state index contributed by atoms with van der Waals surface area (Å²) < 4.78 is 0. The number of hydrogen-bond acceptors (Lipinski definition) is 4. The highest BCUT2D eigenvalue weighted by Gasteiger charge is 2.15. The Morgan fingerprint density at radius 2 is 1.47 bits per heavy atom. The Morgan fingerprint density at radius 3 is 1.53 bits per heavy atom. The number of aliphatic hydroxyl groups excluding tert-OH is 1. The van der Waals surface area contributed by atoms with Crippen LogP contribution in [0.25, 0.3) is 0 Å². The molecule has 0 heterocycles. The fourth-order valence-electron chi connectivity index (χ4n) is 0.815. The normalized spacial score (nSPS) is 15.5. The molecule has 0 aliphatic heterocycles. The number of carbonyl (C=O) groups is 2. The number of aliphatic carboxylic acids is 2. The van der Waals surface area contributed by atoms with Gasteiger partial charge >= 0.3 is 11.9 Å². The standard InChI is InChI=1S/C6H13NO2.C5H10O3/c1-4(2)3-5(7)6(8)9;1-3(4(2)6)5(7)8/h4-5H,3,7H2,1-2H3,(H,8,9);3-4,6H,1-2H3,(H,7,8). The molecule has 0 aromatic rings. The van der Waals surface area contributed by atoms with Gasteiger partial charge in [-0.25, -0.2) is 0 Å². The van der Waals surface area contributed by atoms with Gasteiger partial charge < -0.3 is 21.1 Å². The maximum absolute atomic E-state index is 10.1. The minimum atomic E-state index is -0.958. The van der Waals surface area contributed by atoms with E-state index in [4.69, 9.17) is 21.1 Å². The minimum absolute atomic E-state index is 0.357. The molecule has 0 aromatic carbocycles. The van der Waals surface area contributed by atoms with Crippen LogP contribution >= 0.6 is 0 Å². The van der Waals surface area contributed by atoms with Crippen molar-refractivity contribution < 1.29 is 24.9 Å². The molecular weight excluding hydrogens is 226 g/mol. The maximum Gasteiger partial charge on any atom is 0.320 e. The van der Waals surface area contributed by atoms with Gasteiger partial charge in [0.25, 0.3) is 0 Å². The van der Waals surface area contributed by atoms with Crippen molar-refractivity contribution in [1.82, 2.24) is 0 Å². The van der Waals surface area contributed by atoms with E-state index in [0.29, 0.717) is 12.3 Å². The van der Waals surface area contributed by atoms with Gasteiger partial charge in [0.1, 0.15) is 6.04 Å². The van der Waals surface area contributed by atoms with E-state index in [2.05, 4.69) is 0 Å². The highest BCUT2D eigenvalue weighted by atomic mass is 16.4. The van der Waals surface area contributed by atoms with Crippen molar-refractivity contribution in [3.8, 4) is 0 Å². The number of rotatable bonds is 5. The summed E-state index contributed by atoms with van der Waals surface area (Å²) in [6.45, 7) is 6.82. The predicted molar refractivity (Wildman–Crippen MR) is 63.5 cm³/mol. The summed E-state index contributed by atoms with van der Waals surface area (Å²) in [6.07, 6.45) is -0.206. The molecule has 0 amide bonds. The Bertz CT molecular complexity index is 240. The van der Waals surface area contributed by atoms with Crippen molar-refractivity contribution in [2.24, 2.45) is 17.6 Å². The maximum atomic E-state index is 10.1. The van der Waals surface area contributed by atoms with Gasteiger partial charge in [-0.2, -0.15) is 0 Å². The van der Waals surface area contributed by atoms with Crippen molar-refractivity contribution in [1.29, 1.82) is 0 Å². The van der Waals surface area contributed by atoms with Crippen LogP contribution in [0.1, 0.15) is 34.1 Å². The Kier molecular flexibility index (Phi) is 9.60. The first-order valence-electron chi connectivity index (χ1n) is 5.48. The van der Waals surface area contributed by atoms with Gasteiger partial charge in [0.2, 0.25) is 0 Å². The van der Waals surface area contributed by atoms with E-state index in [1.165, 1.54) is 13.8 Å². The summed E-state index contributed by atoms with van der Waals surface area (Å²) in [6, 6.07) is -0.690. The SMILES string of the molecule is CC(C)CC(N)C(=O)O.CC(O)C(C)C(=O)O. The molecule has 6 nitrogen and oxygen atoms in total. The molecule has 0 saturated heterocycles. The van der Waals surface area contributed by atoms with E-state index in [-0.39, 0.29) is 0 Å². The second-order valence-corrected chi connectivity index (χ2v) is 4.44. The molecule has 0 aliphatic rings. The molecule has 0 fully saturated rings. The van der Waals surface area contributed by atoms with E-state index in [1.54, 1.807) is 0 Å². The monoisotopic (exact) mass is 249 g/mol. The number of hydrogen-bond donors (Lipinski definition) is 4. The molecule has 0 bridgehead atoms. The fraction of sp³-hybridized carbons (Fsp3) is 0.818. The van der Waals surface area contributed by atoms with Gasteiger partial charge in [-0.05, 0) is 26.2 Å². The molecule has 3 atom stereocenters. The van der Waals surface area contributed by atoms with Gasteiger partial charge in [-0.15, -0.1) is 0 Å². The van der Waals surface area contributed by atoms with Crippen molar-refractivity contribution in [2.45, 2.75) is 46.3 Å². The van der Waals surface area contributed by atoms with Crippen molar-refractivity contribution in [2.75, 3.05) is 0 Å². The van der Waals surface area contributed by atoms with Crippen molar-refractivity contribution in [3.63, 3.8) is 0 Å². The molecule has 0 aromatic heterocycles. The van der Waals surface area contributed by atoms with Crippen LogP contribution in [-0.4, -0.2) is 39.4 Å². The van der Waals surface area contributed by atoms with Gasteiger partial charge in [-0.1, -0.05) is 13.8 Å². The Morgan fingerprint density at radius 1 is 1.06 bits per heavy atom. The van der Waals surface area contributed by atoms with E-state index < -0.39 is 30.0 Å². The minimum Gasteiger partial charge on any atom is -0.481 e. The number of carboxylic acids is 2. The zero-order valence-corrected chi connectivity index (χ0v) is 10.8. The average molecular weight is 249 g/mol. The zero-order chi connectivity index (χ0) is 14.2. The largest absolute Gasteiger partial charge is 0.481 e. The predicted octanol–water partition coefficient (Wildman–Crippen LogP) is 0.532. The second-order valence-electron chi connectivity index (χ2n) is 4.44. The molecule has 0 radical (unpaired) electrons. The summed E-state index contributed by atoms with van der Waals surface area (Å²) in [4.78, 5) is 20.1. The molecular formula is C11H23NO5. The third-order valence-corrected chi connectivity index (χ3v) is 2.16. The molecule has 5 N–H and O–H groups in total. The van der Waals surface area contributed by atoms with E-state index >= 15 is 0 Å². The molecule has 3 unspecified atom stereocenters. The van der Waals surface area contributed by atoms with E-state index in [0.717, 1.165) is 0 Å². The second kappa shape index (κ2) is 8.95. The highest BCUT2D eigenvalue weighted by Crippen LogP contribution is 2.01. The smallest absolute Gasteiger partial charge is 0.320 e. The third-order valence-electron chi connectivity index (χ3n) is 2.16. The lowest BCUT2D eigenvalue weighted by molar-refractivity contribution is -0.144. The Balaban J connectivity index is 0. The van der Waals surface area contributed by atoms with Gasteiger partial charge in [0.05, 0.1) is 12.0 Å². The molecule has 102 valence electrons. The first-order valence-corrected chi connectivity index (χ1v) is 5.48. The lowest BCUT2D eigenvalue weighted by Crippen LogP contribution is -2.31. The molecule has 17 heavy (non-hydrogen) atoms. The first kappa shape index (κ1) is 18.2. The molecule has 6 heteroatoms. The molecule has 0 spiro atoms. The summed E-state index contributed by atoms with van der Waals surface area (Å²) in [5.41, 5.74) is 5.22. The van der Waals surface area contributed by atoms with E-state index in [1.807, 2.05) is 13.8 Å². The third kappa shape index (κ3) is 11.1. The summed E-state index contributed by atoms with van der Waals surface area (Å²) in [5.74, 6) is -2.17. The number of nitrogens with two attached hydrogens (primary N) is 1. The highest BCUT2D eigenvalue weighted by molar-refractivity contribution is 5.73. The van der Waals surface area contributed by atoms with Crippen LogP contribution in [0.2, 0.25) is 0 Å². The summed E-state index contributed by atoms with van der Waals surface area (Å²) in [7, 11) is 0. The van der Waals surface area contributed by atoms with E-state index in [9.17, 15) is 9.59 Å². The number of aliphatic hydroxyl groups is 1. The number of carboxylic acid groups (broad SMARTS) is 2. The fourth-order valence-corrected chi connectivity index (χ4v) is 0.815. The Labute approximate surface area is 101 Å². The van der Waals surface area contributed by atoms with Crippen LogP contribution in [0.5, 0.6) is 0 Å².